The van der Waals surface area contributed by atoms with Gasteiger partial charge in [0.2, 0.25) is 0 Å². The zero-order valence-corrected chi connectivity index (χ0v) is 17.0. The van der Waals surface area contributed by atoms with Crippen LogP contribution in [-0.4, -0.2) is 35.8 Å². The van der Waals surface area contributed by atoms with E-state index >= 15 is 0 Å². The van der Waals surface area contributed by atoms with E-state index in [-0.39, 0.29) is 12.4 Å². The Kier molecular flexibility index (Phi) is 6.18. The maximum atomic E-state index is 11.7. The Labute approximate surface area is 170 Å². The molecule has 0 radical (unpaired) electrons. The molecule has 0 spiro atoms. The van der Waals surface area contributed by atoms with Gasteiger partial charge in [0.05, 0.1) is 11.4 Å². The average molecular weight is 409 g/mol. The Hall–Kier alpha value is -1.20. The summed E-state index contributed by atoms with van der Waals surface area (Å²) in [4.78, 5) is 19.0. The molecule has 3 nitrogen and oxygen atoms in total. The fraction of sp³-hybridized carbons (Fsp3) is 0.350. The molecular weight excluding hydrogens is 387 g/mol. The third kappa shape index (κ3) is 3.74. The lowest BCUT2D eigenvalue weighted by molar-refractivity contribution is 0.108. The summed E-state index contributed by atoms with van der Waals surface area (Å²) in [5.74, 6) is 0. The van der Waals surface area contributed by atoms with Crippen LogP contribution in [0.1, 0.15) is 30.1 Å². The first-order chi connectivity index (χ1) is 12.1. The van der Waals surface area contributed by atoms with E-state index in [1.165, 1.54) is 41.4 Å². The van der Waals surface area contributed by atoms with Crippen molar-refractivity contribution in [3.8, 4) is 0 Å². The number of anilines is 2. The summed E-state index contributed by atoms with van der Waals surface area (Å²) in [6.45, 7) is 5.66. The molecule has 6 heteroatoms. The van der Waals surface area contributed by atoms with Gasteiger partial charge in [-0.2, -0.15) is 0 Å². The van der Waals surface area contributed by atoms with Gasteiger partial charge in [-0.15, -0.1) is 12.4 Å². The summed E-state index contributed by atoms with van der Waals surface area (Å²) in [5.41, 5.74) is 2.85. The van der Waals surface area contributed by atoms with Crippen molar-refractivity contribution >= 4 is 52.4 Å². The fourth-order valence-electron chi connectivity index (χ4n) is 3.80. The lowest BCUT2D eigenvalue weighted by Crippen LogP contribution is -2.40. The van der Waals surface area contributed by atoms with Gasteiger partial charge in [0.15, 0.2) is 0 Å². The van der Waals surface area contributed by atoms with Crippen LogP contribution in [0.3, 0.4) is 0 Å². The summed E-state index contributed by atoms with van der Waals surface area (Å²) in [6, 6.07) is 14.6. The van der Waals surface area contributed by atoms with Crippen molar-refractivity contribution < 1.29 is 4.79 Å². The predicted molar refractivity (Wildman–Crippen MR) is 112 cm³/mol. The Bertz CT molecular complexity index is 808. The number of nitrogens with zero attached hydrogens (tertiary/aromatic N) is 2. The Morgan fingerprint density at radius 2 is 1.81 bits per heavy atom. The van der Waals surface area contributed by atoms with Crippen LogP contribution < -0.4 is 4.90 Å². The molecule has 1 fully saturated rings. The van der Waals surface area contributed by atoms with Crippen LogP contribution in [0.25, 0.3) is 0 Å². The van der Waals surface area contributed by atoms with Crippen molar-refractivity contribution in [2.24, 2.45) is 0 Å². The molecule has 138 valence electrons. The van der Waals surface area contributed by atoms with Crippen molar-refractivity contribution in [3.63, 3.8) is 0 Å². The van der Waals surface area contributed by atoms with Crippen LogP contribution in [0.4, 0.5) is 11.4 Å². The molecular formula is C20H22Cl2N2OS. The van der Waals surface area contributed by atoms with E-state index in [1.54, 1.807) is 11.8 Å². The molecule has 4 rings (SSSR count). The highest BCUT2D eigenvalue weighted by molar-refractivity contribution is 7.99. The highest BCUT2D eigenvalue weighted by atomic mass is 35.5. The minimum absolute atomic E-state index is 0. The van der Waals surface area contributed by atoms with E-state index in [4.69, 9.17) is 11.6 Å². The van der Waals surface area contributed by atoms with Gasteiger partial charge < -0.3 is 9.80 Å². The monoisotopic (exact) mass is 408 g/mol. The number of halogens is 2. The van der Waals surface area contributed by atoms with Crippen LogP contribution in [0.5, 0.6) is 0 Å². The van der Waals surface area contributed by atoms with Gasteiger partial charge in [-0.25, -0.2) is 0 Å². The molecule has 1 saturated heterocycles. The van der Waals surface area contributed by atoms with Gasteiger partial charge in [0.25, 0.3) is 5.24 Å². The molecule has 2 heterocycles. The van der Waals surface area contributed by atoms with Crippen molar-refractivity contribution in [1.29, 1.82) is 0 Å². The molecule has 0 amide bonds. The number of benzene rings is 2. The number of rotatable bonds is 4. The van der Waals surface area contributed by atoms with Crippen molar-refractivity contribution in [2.75, 3.05) is 24.5 Å². The third-order valence-electron chi connectivity index (χ3n) is 4.95. The number of hydrogen-bond acceptors (Lipinski definition) is 4. The quantitative estimate of drug-likeness (QED) is 0.616. The second-order valence-electron chi connectivity index (χ2n) is 6.75. The van der Waals surface area contributed by atoms with Gasteiger partial charge in [-0.1, -0.05) is 23.9 Å². The molecule has 0 bridgehead atoms. The Balaban J connectivity index is 0.00000196. The second-order valence-corrected chi connectivity index (χ2v) is 8.18. The number of carbonyl (C=O) groups excluding carboxylic acids is 1. The number of carbonyl (C=O) groups is 1. The number of hydrogen-bond donors (Lipinski definition) is 0. The normalized spacial score (nSPS) is 17.2. The Morgan fingerprint density at radius 3 is 2.54 bits per heavy atom. The summed E-state index contributed by atoms with van der Waals surface area (Å²) in [5, 5.41) is -0.404. The average Bonchev–Trinajstić information content (AvgIpc) is 3.11. The predicted octanol–water partition coefficient (Wildman–Crippen LogP) is 5.57. The highest BCUT2D eigenvalue weighted by Gasteiger charge is 2.29. The van der Waals surface area contributed by atoms with Crippen molar-refractivity contribution in [2.45, 2.75) is 35.6 Å². The van der Waals surface area contributed by atoms with Crippen molar-refractivity contribution in [3.05, 3.63) is 48.0 Å². The van der Waals surface area contributed by atoms with Gasteiger partial charge in [-0.3, -0.25) is 4.79 Å². The lowest BCUT2D eigenvalue weighted by Gasteiger charge is -2.39. The number of fused-ring (bicyclic) bond motifs is 2. The SMILES string of the molecule is C[C@@H](CN1CCCC1)N1c2ccccc2Sc2ccc(C(=O)Cl)cc21.Cl. The molecule has 2 aromatic carbocycles. The van der Waals surface area contributed by atoms with Gasteiger partial charge >= 0.3 is 0 Å². The van der Waals surface area contributed by atoms with Crippen LogP contribution >= 0.6 is 35.8 Å². The summed E-state index contributed by atoms with van der Waals surface area (Å²) in [7, 11) is 0. The molecule has 0 unspecified atom stereocenters. The first kappa shape index (κ1) is 19.6. The minimum Gasteiger partial charge on any atom is -0.335 e. The summed E-state index contributed by atoms with van der Waals surface area (Å²) < 4.78 is 0. The first-order valence-corrected chi connectivity index (χ1v) is 9.95. The maximum Gasteiger partial charge on any atom is 0.252 e. The van der Waals surface area contributed by atoms with Gasteiger partial charge in [0, 0.05) is 27.9 Å². The van der Waals surface area contributed by atoms with Crippen LogP contribution in [0.2, 0.25) is 0 Å². The molecule has 2 aliphatic heterocycles. The number of para-hydroxylation sites is 1. The highest BCUT2D eigenvalue weighted by Crippen LogP contribution is 2.49. The maximum absolute atomic E-state index is 11.7. The van der Waals surface area contributed by atoms with Gasteiger partial charge in [0.1, 0.15) is 0 Å². The smallest absolute Gasteiger partial charge is 0.252 e. The molecule has 2 aromatic rings. The van der Waals surface area contributed by atoms with Crippen molar-refractivity contribution in [1.82, 2.24) is 4.90 Å². The van der Waals surface area contributed by atoms with E-state index in [0.717, 1.165) is 12.2 Å². The molecule has 0 saturated carbocycles. The molecule has 26 heavy (non-hydrogen) atoms. The fourth-order valence-corrected chi connectivity index (χ4v) is 4.97. The van der Waals surface area contributed by atoms with Crippen LogP contribution in [0.15, 0.2) is 52.3 Å². The van der Waals surface area contributed by atoms with E-state index in [0.29, 0.717) is 11.6 Å². The van der Waals surface area contributed by atoms with Gasteiger partial charge in [-0.05, 0) is 74.8 Å². The first-order valence-electron chi connectivity index (χ1n) is 8.76. The second kappa shape index (κ2) is 8.22. The largest absolute Gasteiger partial charge is 0.335 e. The van der Waals surface area contributed by atoms with E-state index in [1.807, 2.05) is 18.2 Å². The minimum atomic E-state index is -0.404. The standard InChI is InChI=1S/C20H21ClN2OS.ClH/c1-14(13-22-10-4-5-11-22)23-16-6-2-3-7-18(16)25-19-9-8-15(20(21)24)12-17(19)23;/h2-3,6-9,12,14H,4-5,10-11,13H2,1H3;1H/t14-;/m0./s1. The van der Waals surface area contributed by atoms with Crippen LogP contribution in [-0.2, 0) is 0 Å². The zero-order valence-electron chi connectivity index (χ0n) is 14.7. The number of likely N-dealkylation sites (tertiary alicyclic amines) is 1. The summed E-state index contributed by atoms with van der Waals surface area (Å²) >= 11 is 7.50. The lowest BCUT2D eigenvalue weighted by atomic mass is 10.1. The van der Waals surface area contributed by atoms with E-state index < -0.39 is 5.24 Å². The zero-order chi connectivity index (χ0) is 17.4. The molecule has 1 atom stereocenters. The summed E-state index contributed by atoms with van der Waals surface area (Å²) in [6.07, 6.45) is 2.58. The third-order valence-corrected chi connectivity index (χ3v) is 6.30. The van der Waals surface area contributed by atoms with Crippen LogP contribution in [0, 0.1) is 0 Å². The Morgan fingerprint density at radius 1 is 1.12 bits per heavy atom. The topological polar surface area (TPSA) is 23.6 Å². The molecule has 0 N–H and O–H groups in total. The molecule has 0 aromatic heterocycles. The van der Waals surface area contributed by atoms with E-state index in [2.05, 4.69) is 41.0 Å². The van der Waals surface area contributed by atoms with E-state index in [9.17, 15) is 4.79 Å². The molecule has 2 aliphatic rings. The molecule has 0 aliphatic carbocycles.